The van der Waals surface area contributed by atoms with Gasteiger partial charge in [0.05, 0.1) is 23.7 Å². The normalized spacial score (nSPS) is 12.2. The van der Waals surface area contributed by atoms with Crippen LogP contribution in [0, 0.1) is 6.92 Å². The fourth-order valence-corrected chi connectivity index (χ4v) is 4.83. The van der Waals surface area contributed by atoms with Crippen molar-refractivity contribution < 1.29 is 17.9 Å². The van der Waals surface area contributed by atoms with E-state index in [1.54, 1.807) is 31.4 Å². The van der Waals surface area contributed by atoms with Gasteiger partial charge in [0, 0.05) is 17.6 Å². The van der Waals surface area contributed by atoms with Gasteiger partial charge in [0.1, 0.15) is 5.75 Å². The number of hydrogen-bond donors (Lipinski definition) is 1. The SMILES string of the molecule is CC[C@@H](NC(=O)c1ccc(N(C)S(=O)(=O)c2ccc(Cl)cc2)cc1)c1ccc(OC)c(C)c1. The number of hydrogen-bond acceptors (Lipinski definition) is 4. The highest BCUT2D eigenvalue weighted by atomic mass is 35.5. The lowest BCUT2D eigenvalue weighted by molar-refractivity contribution is 0.0935. The molecule has 0 spiro atoms. The number of nitrogens with one attached hydrogen (secondary N) is 1. The summed E-state index contributed by atoms with van der Waals surface area (Å²) in [5, 5.41) is 3.51. The van der Waals surface area contributed by atoms with E-state index in [0.717, 1.165) is 23.3 Å². The number of amides is 1. The molecular weight excluding hydrogens is 460 g/mol. The Morgan fingerprint density at radius 3 is 2.24 bits per heavy atom. The quantitative estimate of drug-likeness (QED) is 0.465. The molecule has 0 aromatic heterocycles. The predicted octanol–water partition coefficient (Wildman–Crippen LogP) is 5.36. The molecule has 0 aliphatic heterocycles. The molecule has 0 unspecified atom stereocenters. The van der Waals surface area contributed by atoms with Gasteiger partial charge in [-0.25, -0.2) is 8.42 Å². The minimum atomic E-state index is -3.75. The lowest BCUT2D eigenvalue weighted by atomic mass is 10.0. The molecule has 1 atom stereocenters. The van der Waals surface area contributed by atoms with E-state index in [0.29, 0.717) is 16.3 Å². The second kappa shape index (κ2) is 10.3. The number of methoxy groups -OCH3 is 1. The largest absolute Gasteiger partial charge is 0.496 e. The van der Waals surface area contributed by atoms with Crippen LogP contribution in [0.2, 0.25) is 5.02 Å². The van der Waals surface area contributed by atoms with Crippen LogP contribution >= 0.6 is 11.6 Å². The van der Waals surface area contributed by atoms with Crippen LogP contribution in [0.1, 0.15) is 40.9 Å². The van der Waals surface area contributed by atoms with Crippen molar-refractivity contribution in [2.75, 3.05) is 18.5 Å². The molecule has 0 saturated carbocycles. The first-order valence-corrected chi connectivity index (χ1v) is 12.3. The van der Waals surface area contributed by atoms with Gasteiger partial charge in [-0.15, -0.1) is 0 Å². The fourth-order valence-electron chi connectivity index (χ4n) is 3.51. The first kappa shape index (κ1) is 24.6. The van der Waals surface area contributed by atoms with Gasteiger partial charge in [-0.05, 0) is 79.1 Å². The molecule has 8 heteroatoms. The summed E-state index contributed by atoms with van der Waals surface area (Å²) in [6, 6.07) is 18.1. The highest BCUT2D eigenvalue weighted by molar-refractivity contribution is 7.92. The van der Waals surface area contributed by atoms with E-state index in [1.807, 2.05) is 32.0 Å². The summed E-state index contributed by atoms with van der Waals surface area (Å²) in [4.78, 5) is 13.0. The summed E-state index contributed by atoms with van der Waals surface area (Å²) in [7, 11) is -0.649. The number of ether oxygens (including phenoxy) is 1. The average molecular weight is 487 g/mol. The zero-order valence-electron chi connectivity index (χ0n) is 19.0. The Bertz CT molecular complexity index is 1230. The van der Waals surface area contributed by atoms with E-state index >= 15 is 0 Å². The molecule has 0 aliphatic rings. The molecule has 0 fully saturated rings. The van der Waals surface area contributed by atoms with Crippen LogP contribution in [-0.2, 0) is 10.0 Å². The second-order valence-corrected chi connectivity index (χ2v) is 10.0. The Morgan fingerprint density at radius 2 is 1.70 bits per heavy atom. The van der Waals surface area contributed by atoms with Crippen molar-refractivity contribution in [1.82, 2.24) is 5.32 Å². The topological polar surface area (TPSA) is 75.7 Å². The molecule has 6 nitrogen and oxygen atoms in total. The van der Waals surface area contributed by atoms with Crippen LogP contribution in [0.3, 0.4) is 0 Å². The maximum Gasteiger partial charge on any atom is 0.264 e. The Hall–Kier alpha value is -3.03. The summed E-state index contributed by atoms with van der Waals surface area (Å²) in [5.74, 6) is 0.568. The van der Waals surface area contributed by atoms with Gasteiger partial charge in [-0.3, -0.25) is 9.10 Å². The summed E-state index contributed by atoms with van der Waals surface area (Å²) in [6.45, 7) is 3.97. The summed E-state index contributed by atoms with van der Waals surface area (Å²) in [5.41, 5.74) is 2.88. The number of anilines is 1. The molecule has 0 aliphatic carbocycles. The van der Waals surface area contributed by atoms with Gasteiger partial charge in [0.15, 0.2) is 0 Å². The van der Waals surface area contributed by atoms with Crippen LogP contribution in [0.5, 0.6) is 5.75 Å². The van der Waals surface area contributed by atoms with Crippen LogP contribution in [0.4, 0.5) is 5.69 Å². The van der Waals surface area contributed by atoms with Gasteiger partial charge in [-0.2, -0.15) is 0 Å². The molecule has 33 heavy (non-hydrogen) atoms. The molecule has 174 valence electrons. The van der Waals surface area contributed by atoms with E-state index in [-0.39, 0.29) is 16.8 Å². The smallest absolute Gasteiger partial charge is 0.264 e. The number of carbonyl (C=O) groups excluding carboxylic acids is 1. The van der Waals surface area contributed by atoms with Crippen molar-refractivity contribution in [2.45, 2.75) is 31.2 Å². The third kappa shape index (κ3) is 5.49. The van der Waals surface area contributed by atoms with Crippen LogP contribution < -0.4 is 14.4 Å². The monoisotopic (exact) mass is 486 g/mol. The molecule has 3 aromatic rings. The number of aryl methyl sites for hydroxylation is 1. The Kier molecular flexibility index (Phi) is 7.66. The minimum absolute atomic E-state index is 0.136. The van der Waals surface area contributed by atoms with Crippen molar-refractivity contribution in [1.29, 1.82) is 0 Å². The summed E-state index contributed by atoms with van der Waals surface area (Å²) < 4.78 is 32.2. The molecule has 3 aromatic carbocycles. The maximum atomic E-state index is 12.9. The van der Waals surface area contributed by atoms with E-state index in [1.165, 1.54) is 35.6 Å². The summed E-state index contributed by atoms with van der Waals surface area (Å²) in [6.07, 6.45) is 0.720. The van der Waals surface area contributed by atoms with E-state index in [2.05, 4.69) is 5.32 Å². The van der Waals surface area contributed by atoms with Gasteiger partial charge < -0.3 is 10.1 Å². The lowest BCUT2D eigenvalue weighted by Crippen LogP contribution is -2.29. The number of rotatable bonds is 8. The molecule has 1 amide bonds. The van der Waals surface area contributed by atoms with E-state index in [4.69, 9.17) is 16.3 Å². The highest BCUT2D eigenvalue weighted by Gasteiger charge is 2.22. The Morgan fingerprint density at radius 1 is 1.06 bits per heavy atom. The van der Waals surface area contributed by atoms with Gasteiger partial charge in [-0.1, -0.05) is 30.7 Å². The van der Waals surface area contributed by atoms with Crippen molar-refractivity contribution in [3.63, 3.8) is 0 Å². The molecule has 0 bridgehead atoms. The lowest BCUT2D eigenvalue weighted by Gasteiger charge is -2.21. The Labute approximate surface area is 200 Å². The number of carbonyl (C=O) groups is 1. The molecule has 0 heterocycles. The standard InChI is InChI=1S/C25H27ClN2O4S/c1-5-23(19-8-15-24(32-4)17(2)16-19)27-25(29)18-6-11-21(12-7-18)28(3)33(30,31)22-13-9-20(26)10-14-22/h6-16,23H,5H2,1-4H3,(H,27,29)/t23-/m1/s1. The maximum absolute atomic E-state index is 12.9. The molecule has 3 rings (SSSR count). The van der Waals surface area contributed by atoms with Gasteiger partial charge >= 0.3 is 0 Å². The number of sulfonamides is 1. The zero-order chi connectivity index (χ0) is 24.2. The van der Waals surface area contributed by atoms with Gasteiger partial charge in [0.2, 0.25) is 0 Å². The van der Waals surface area contributed by atoms with Crippen molar-refractivity contribution in [3.05, 3.63) is 88.4 Å². The molecular formula is C25H27ClN2O4S. The second-order valence-electron chi connectivity index (χ2n) is 7.64. The van der Waals surface area contributed by atoms with Crippen LogP contribution in [0.15, 0.2) is 71.6 Å². The van der Waals surface area contributed by atoms with Crippen LogP contribution in [-0.4, -0.2) is 28.5 Å². The average Bonchev–Trinajstić information content (AvgIpc) is 2.82. The number of halogens is 1. The van der Waals surface area contributed by atoms with Crippen LogP contribution in [0.25, 0.3) is 0 Å². The third-order valence-corrected chi connectivity index (χ3v) is 7.55. The number of benzene rings is 3. The third-order valence-electron chi connectivity index (χ3n) is 5.50. The predicted molar refractivity (Wildman–Crippen MR) is 132 cm³/mol. The van der Waals surface area contributed by atoms with E-state index in [9.17, 15) is 13.2 Å². The van der Waals surface area contributed by atoms with Gasteiger partial charge in [0.25, 0.3) is 15.9 Å². The first-order chi connectivity index (χ1) is 15.7. The molecule has 0 radical (unpaired) electrons. The Balaban J connectivity index is 1.75. The van der Waals surface area contributed by atoms with Crippen molar-refractivity contribution in [3.8, 4) is 5.75 Å². The molecule has 1 N–H and O–H groups in total. The zero-order valence-corrected chi connectivity index (χ0v) is 20.6. The first-order valence-electron chi connectivity index (χ1n) is 10.5. The summed E-state index contributed by atoms with van der Waals surface area (Å²) >= 11 is 5.86. The fraction of sp³-hybridized carbons (Fsp3) is 0.240. The highest BCUT2D eigenvalue weighted by Crippen LogP contribution is 2.26. The minimum Gasteiger partial charge on any atom is -0.496 e. The number of nitrogens with zero attached hydrogens (tertiary/aromatic N) is 1. The van der Waals surface area contributed by atoms with E-state index < -0.39 is 10.0 Å². The molecule has 0 saturated heterocycles. The van der Waals surface area contributed by atoms with Crippen molar-refractivity contribution >= 4 is 33.2 Å². The van der Waals surface area contributed by atoms with Crippen molar-refractivity contribution in [2.24, 2.45) is 0 Å².